The summed E-state index contributed by atoms with van der Waals surface area (Å²) >= 11 is 0. The number of aliphatic hydroxyl groups excluding tert-OH is 1. The van der Waals surface area contributed by atoms with E-state index in [9.17, 15) is 39.6 Å². The zero-order valence-electron chi connectivity index (χ0n) is 22.6. The summed E-state index contributed by atoms with van der Waals surface area (Å²) in [5.41, 5.74) is 7.44. The minimum Gasteiger partial charge on any atom is -0.508 e. The van der Waals surface area contributed by atoms with Gasteiger partial charge in [0, 0.05) is 19.3 Å². The molecule has 0 saturated carbocycles. The summed E-state index contributed by atoms with van der Waals surface area (Å²) in [6, 6.07) is 15.5. The van der Waals surface area contributed by atoms with E-state index in [0.29, 0.717) is 16.7 Å². The Kier molecular flexibility index (Phi) is 11.4. The van der Waals surface area contributed by atoms with Crippen molar-refractivity contribution in [3.05, 3.63) is 95.6 Å². The highest BCUT2D eigenvalue weighted by Crippen LogP contribution is 2.14. The van der Waals surface area contributed by atoms with Crippen LogP contribution in [0.2, 0.25) is 0 Å². The van der Waals surface area contributed by atoms with Crippen LogP contribution in [0.15, 0.2) is 78.9 Å². The first-order valence-corrected chi connectivity index (χ1v) is 13.2. The van der Waals surface area contributed by atoms with E-state index < -0.39 is 54.5 Å². The third-order valence-electron chi connectivity index (χ3n) is 6.45. The van der Waals surface area contributed by atoms with Crippen molar-refractivity contribution in [3.8, 4) is 11.5 Å². The molecule has 0 aliphatic rings. The molecule has 9 N–H and O–H groups in total. The van der Waals surface area contributed by atoms with Crippen LogP contribution in [0.25, 0.3) is 0 Å². The Morgan fingerprint density at radius 1 is 0.595 bits per heavy atom. The van der Waals surface area contributed by atoms with Crippen LogP contribution in [0, 0.1) is 0 Å². The highest BCUT2D eigenvalue weighted by molar-refractivity contribution is 5.94. The maximum absolute atomic E-state index is 13.5. The van der Waals surface area contributed by atoms with Gasteiger partial charge >= 0.3 is 5.97 Å². The fourth-order valence-electron chi connectivity index (χ4n) is 4.11. The smallest absolute Gasteiger partial charge is 0.326 e. The van der Waals surface area contributed by atoms with Gasteiger partial charge in [0.25, 0.3) is 0 Å². The Balaban J connectivity index is 1.84. The highest BCUT2D eigenvalue weighted by atomic mass is 16.4. The number of nitrogens with two attached hydrogens (primary N) is 1. The van der Waals surface area contributed by atoms with Gasteiger partial charge in [0.2, 0.25) is 17.7 Å². The van der Waals surface area contributed by atoms with Gasteiger partial charge in [0.1, 0.15) is 35.7 Å². The molecule has 3 amide bonds. The molecule has 0 spiro atoms. The lowest BCUT2D eigenvalue weighted by Crippen LogP contribution is -2.58. The van der Waals surface area contributed by atoms with Gasteiger partial charge in [0.15, 0.2) is 0 Å². The van der Waals surface area contributed by atoms with Crippen LogP contribution in [0.5, 0.6) is 11.5 Å². The number of aromatic hydroxyl groups is 2. The highest BCUT2D eigenvalue weighted by Gasteiger charge is 2.31. The Bertz CT molecular complexity index is 1350. The van der Waals surface area contributed by atoms with Crippen LogP contribution in [0.3, 0.4) is 0 Å². The van der Waals surface area contributed by atoms with Gasteiger partial charge in [0.05, 0.1) is 6.61 Å². The number of phenolic OH excluding ortho intramolecular Hbond substituents is 2. The van der Waals surface area contributed by atoms with Crippen molar-refractivity contribution in [1.82, 2.24) is 16.0 Å². The number of aliphatic hydroxyl groups is 1. The summed E-state index contributed by atoms with van der Waals surface area (Å²) in [7, 11) is 0. The summed E-state index contributed by atoms with van der Waals surface area (Å²) in [4.78, 5) is 51.4. The lowest BCUT2D eigenvalue weighted by molar-refractivity contribution is -0.142. The van der Waals surface area contributed by atoms with Crippen molar-refractivity contribution < 1.29 is 39.6 Å². The van der Waals surface area contributed by atoms with Crippen LogP contribution in [-0.2, 0) is 38.4 Å². The minimum atomic E-state index is -1.34. The molecule has 0 aliphatic heterocycles. The summed E-state index contributed by atoms with van der Waals surface area (Å²) in [6.07, 6.45) is -0.0970. The van der Waals surface area contributed by atoms with Crippen molar-refractivity contribution in [3.63, 3.8) is 0 Å². The first-order chi connectivity index (χ1) is 20.0. The lowest BCUT2D eigenvalue weighted by Gasteiger charge is -2.25. The SMILES string of the molecule is NC(CO)C(=O)NC(Cc1ccc(O)cc1)C(=O)NC(Cc1ccccc1)C(=O)NC(Cc1ccc(O)cc1)C(=O)O. The molecule has 0 radical (unpaired) electrons. The molecule has 0 heterocycles. The molecule has 222 valence electrons. The summed E-state index contributed by atoms with van der Waals surface area (Å²) in [6.45, 7) is -0.657. The van der Waals surface area contributed by atoms with Crippen molar-refractivity contribution in [2.75, 3.05) is 6.61 Å². The number of carboxylic acid groups (broad SMARTS) is 1. The molecule has 0 aromatic heterocycles. The van der Waals surface area contributed by atoms with E-state index in [2.05, 4.69) is 16.0 Å². The molecule has 12 heteroatoms. The summed E-state index contributed by atoms with van der Waals surface area (Å²) in [5, 5.41) is 45.8. The molecular weight excluding hydrogens is 544 g/mol. The number of aliphatic carboxylic acids is 1. The second-order valence-corrected chi connectivity index (χ2v) is 9.74. The van der Waals surface area contributed by atoms with E-state index in [1.54, 1.807) is 42.5 Å². The minimum absolute atomic E-state index is 0.00553. The average molecular weight is 579 g/mol. The molecule has 42 heavy (non-hydrogen) atoms. The van der Waals surface area contributed by atoms with Crippen LogP contribution in [0.4, 0.5) is 0 Å². The molecule has 4 unspecified atom stereocenters. The molecule has 0 saturated heterocycles. The van der Waals surface area contributed by atoms with E-state index in [1.807, 2.05) is 0 Å². The van der Waals surface area contributed by atoms with E-state index in [-0.39, 0.29) is 30.8 Å². The maximum atomic E-state index is 13.5. The molecule has 3 aromatic rings. The Morgan fingerprint density at radius 2 is 0.976 bits per heavy atom. The fraction of sp³-hybridized carbons (Fsp3) is 0.267. The third kappa shape index (κ3) is 9.61. The normalized spacial score (nSPS) is 13.7. The number of amides is 3. The average Bonchev–Trinajstić information content (AvgIpc) is 2.98. The first kappa shape index (κ1) is 31.6. The Morgan fingerprint density at radius 3 is 1.40 bits per heavy atom. The summed E-state index contributed by atoms with van der Waals surface area (Å²) in [5.74, 6) is -3.58. The number of nitrogens with one attached hydrogen (secondary N) is 3. The van der Waals surface area contributed by atoms with Gasteiger partial charge in [-0.2, -0.15) is 0 Å². The van der Waals surface area contributed by atoms with Crippen LogP contribution >= 0.6 is 0 Å². The van der Waals surface area contributed by atoms with E-state index in [4.69, 9.17) is 5.73 Å². The Hall–Kier alpha value is -4.94. The fourth-order valence-corrected chi connectivity index (χ4v) is 4.11. The zero-order chi connectivity index (χ0) is 30.6. The first-order valence-electron chi connectivity index (χ1n) is 13.2. The van der Waals surface area contributed by atoms with Crippen molar-refractivity contribution in [2.24, 2.45) is 5.73 Å². The van der Waals surface area contributed by atoms with Gasteiger partial charge in [-0.3, -0.25) is 14.4 Å². The van der Waals surface area contributed by atoms with Crippen molar-refractivity contribution in [2.45, 2.75) is 43.4 Å². The second kappa shape index (κ2) is 15.2. The molecule has 0 fully saturated rings. The number of carboxylic acids is 1. The standard InChI is InChI=1S/C30H34N4O8/c31-23(17-35)27(38)32-24(15-19-6-10-21(36)11-7-19)28(39)33-25(14-18-4-2-1-3-5-18)29(40)34-26(30(41)42)16-20-8-12-22(37)13-9-20/h1-13,23-26,35-37H,14-17,31H2,(H,32,38)(H,33,39)(H,34,40)(H,41,42). The van der Waals surface area contributed by atoms with Crippen LogP contribution in [-0.4, -0.2) is 74.9 Å². The number of hydrogen-bond donors (Lipinski definition) is 8. The predicted molar refractivity (Wildman–Crippen MR) is 152 cm³/mol. The van der Waals surface area contributed by atoms with Crippen LogP contribution < -0.4 is 21.7 Å². The number of benzene rings is 3. The lowest BCUT2D eigenvalue weighted by atomic mass is 10.0. The largest absolute Gasteiger partial charge is 0.508 e. The number of phenols is 2. The molecule has 12 nitrogen and oxygen atoms in total. The number of carbonyl (C=O) groups excluding carboxylic acids is 3. The molecule has 4 atom stereocenters. The zero-order valence-corrected chi connectivity index (χ0v) is 22.6. The topological polar surface area (TPSA) is 211 Å². The molecule has 0 aliphatic carbocycles. The molecule has 0 bridgehead atoms. The second-order valence-electron chi connectivity index (χ2n) is 9.74. The monoisotopic (exact) mass is 578 g/mol. The number of carbonyl (C=O) groups is 4. The van der Waals surface area contributed by atoms with Crippen molar-refractivity contribution >= 4 is 23.7 Å². The van der Waals surface area contributed by atoms with E-state index in [1.165, 1.54) is 36.4 Å². The van der Waals surface area contributed by atoms with E-state index in [0.717, 1.165) is 0 Å². The quantitative estimate of drug-likeness (QED) is 0.129. The van der Waals surface area contributed by atoms with Gasteiger partial charge in [-0.25, -0.2) is 4.79 Å². The molecule has 3 rings (SSSR count). The number of rotatable bonds is 14. The van der Waals surface area contributed by atoms with Gasteiger partial charge in [-0.05, 0) is 41.0 Å². The third-order valence-corrected chi connectivity index (χ3v) is 6.45. The van der Waals surface area contributed by atoms with Gasteiger partial charge in [-0.1, -0.05) is 54.6 Å². The Labute approximate surface area is 242 Å². The predicted octanol–water partition coefficient (Wildman–Crippen LogP) is -0.0157. The summed E-state index contributed by atoms with van der Waals surface area (Å²) < 4.78 is 0. The molecule has 3 aromatic carbocycles. The van der Waals surface area contributed by atoms with Gasteiger partial charge < -0.3 is 42.1 Å². The van der Waals surface area contributed by atoms with E-state index >= 15 is 0 Å². The molecular formula is C30H34N4O8. The maximum Gasteiger partial charge on any atom is 0.326 e. The van der Waals surface area contributed by atoms with Crippen molar-refractivity contribution in [1.29, 1.82) is 0 Å². The van der Waals surface area contributed by atoms with Gasteiger partial charge in [-0.15, -0.1) is 0 Å². The number of hydrogen-bond acceptors (Lipinski definition) is 8. The van der Waals surface area contributed by atoms with Crippen LogP contribution in [0.1, 0.15) is 16.7 Å².